The third-order valence-corrected chi connectivity index (χ3v) is 5.37. The summed E-state index contributed by atoms with van der Waals surface area (Å²) < 4.78 is 45.6. The second-order valence-electron chi connectivity index (χ2n) is 6.41. The van der Waals surface area contributed by atoms with Crippen LogP contribution >= 0.6 is 0 Å². The molecule has 1 N–H and O–H groups in total. The van der Waals surface area contributed by atoms with Crippen molar-refractivity contribution >= 4 is 15.7 Å². The van der Waals surface area contributed by atoms with Gasteiger partial charge in [-0.15, -0.1) is 0 Å². The first kappa shape index (κ1) is 19.8. The zero-order valence-corrected chi connectivity index (χ0v) is 16.7. The first-order valence-electron chi connectivity index (χ1n) is 8.79. The molecule has 3 aromatic rings. The molecule has 0 amide bonds. The molecule has 0 saturated heterocycles. The van der Waals surface area contributed by atoms with E-state index < -0.39 is 10.0 Å². The molecular formula is C21H21FN2O3S. The fraction of sp³-hybridized carbons (Fsp3) is 0.190. The van der Waals surface area contributed by atoms with Crippen LogP contribution in [0.3, 0.4) is 0 Å². The number of pyridine rings is 1. The van der Waals surface area contributed by atoms with Crippen molar-refractivity contribution in [3.63, 3.8) is 0 Å². The maximum atomic E-state index is 13.2. The zero-order chi connectivity index (χ0) is 20.3. The number of hydrogen-bond donors (Lipinski definition) is 1. The summed E-state index contributed by atoms with van der Waals surface area (Å²) in [6.45, 7) is 5.35. The van der Waals surface area contributed by atoms with E-state index in [-0.39, 0.29) is 11.6 Å². The molecular weight excluding hydrogens is 379 g/mol. The molecule has 28 heavy (non-hydrogen) atoms. The lowest BCUT2D eigenvalue weighted by Gasteiger charge is -2.15. The minimum absolute atomic E-state index is 0.0242. The van der Waals surface area contributed by atoms with E-state index in [1.807, 2.05) is 26.0 Å². The summed E-state index contributed by atoms with van der Waals surface area (Å²) in [5, 5.41) is 0. The third kappa shape index (κ3) is 4.86. The van der Waals surface area contributed by atoms with Crippen LogP contribution in [0.1, 0.15) is 18.3 Å². The van der Waals surface area contributed by atoms with Crippen LogP contribution in [0.2, 0.25) is 0 Å². The van der Waals surface area contributed by atoms with Gasteiger partial charge in [0, 0.05) is 22.6 Å². The monoisotopic (exact) mass is 400 g/mol. The summed E-state index contributed by atoms with van der Waals surface area (Å²) in [6, 6.07) is 14.6. The highest BCUT2D eigenvalue weighted by Gasteiger charge is 2.13. The van der Waals surface area contributed by atoms with Gasteiger partial charge in [0.15, 0.2) is 0 Å². The minimum atomic E-state index is -3.41. The van der Waals surface area contributed by atoms with Gasteiger partial charge in [-0.05, 0) is 80.9 Å². The normalized spacial score (nSPS) is 11.3. The van der Waals surface area contributed by atoms with Crippen LogP contribution in [0.15, 0.2) is 54.6 Å². The predicted molar refractivity (Wildman–Crippen MR) is 109 cm³/mol. The molecule has 0 aliphatic rings. The molecule has 0 saturated carbocycles. The van der Waals surface area contributed by atoms with Gasteiger partial charge in [0.25, 0.3) is 0 Å². The Morgan fingerprint density at radius 3 is 2.25 bits per heavy atom. The van der Waals surface area contributed by atoms with Crippen LogP contribution in [0.4, 0.5) is 10.1 Å². The zero-order valence-electron chi connectivity index (χ0n) is 15.9. The number of nitrogens with zero attached hydrogens (tertiary/aromatic N) is 1. The van der Waals surface area contributed by atoms with Crippen molar-refractivity contribution in [2.24, 2.45) is 0 Å². The Balaban J connectivity index is 2.08. The average molecular weight is 400 g/mol. The SMILES string of the molecule is CCS(=O)(=O)Nc1ccc(Oc2ccc(F)cc2)c(-c2cc(C)nc(C)c2)c1. The van der Waals surface area contributed by atoms with Crippen molar-refractivity contribution in [2.75, 3.05) is 10.5 Å². The van der Waals surface area contributed by atoms with Crippen molar-refractivity contribution in [3.05, 3.63) is 71.8 Å². The Hall–Kier alpha value is -2.93. The van der Waals surface area contributed by atoms with Gasteiger partial charge in [0.05, 0.1) is 5.75 Å². The topological polar surface area (TPSA) is 68.3 Å². The number of hydrogen-bond acceptors (Lipinski definition) is 4. The third-order valence-electron chi connectivity index (χ3n) is 4.07. The van der Waals surface area contributed by atoms with E-state index in [4.69, 9.17) is 4.74 Å². The number of halogens is 1. The number of ether oxygens (including phenoxy) is 1. The number of rotatable bonds is 6. The number of nitrogens with one attached hydrogen (secondary N) is 1. The first-order valence-corrected chi connectivity index (χ1v) is 10.4. The maximum absolute atomic E-state index is 13.2. The predicted octanol–water partition coefficient (Wildman–Crippen LogP) is 5.06. The van der Waals surface area contributed by atoms with Crippen LogP contribution in [-0.2, 0) is 10.0 Å². The maximum Gasteiger partial charge on any atom is 0.232 e. The van der Waals surface area contributed by atoms with Crippen LogP contribution in [0, 0.1) is 19.7 Å². The molecule has 0 atom stereocenters. The van der Waals surface area contributed by atoms with Gasteiger partial charge in [-0.1, -0.05) is 0 Å². The summed E-state index contributed by atoms with van der Waals surface area (Å²) in [7, 11) is -3.41. The first-order chi connectivity index (χ1) is 13.3. The lowest BCUT2D eigenvalue weighted by atomic mass is 10.0. The lowest BCUT2D eigenvalue weighted by Crippen LogP contribution is -2.14. The minimum Gasteiger partial charge on any atom is -0.457 e. The summed E-state index contributed by atoms with van der Waals surface area (Å²) in [5.41, 5.74) is 3.66. The fourth-order valence-corrected chi connectivity index (χ4v) is 3.41. The number of aryl methyl sites for hydroxylation is 2. The average Bonchev–Trinajstić information content (AvgIpc) is 2.64. The van der Waals surface area contributed by atoms with Gasteiger partial charge < -0.3 is 4.74 Å². The van der Waals surface area contributed by atoms with E-state index in [2.05, 4.69) is 9.71 Å². The quantitative estimate of drug-likeness (QED) is 0.628. The van der Waals surface area contributed by atoms with Gasteiger partial charge in [-0.2, -0.15) is 0 Å². The summed E-state index contributed by atoms with van der Waals surface area (Å²) in [4.78, 5) is 4.38. The number of anilines is 1. The molecule has 1 heterocycles. The molecule has 5 nitrogen and oxygen atoms in total. The molecule has 146 valence electrons. The lowest BCUT2D eigenvalue weighted by molar-refractivity contribution is 0.482. The molecule has 1 aromatic heterocycles. The summed E-state index contributed by atoms with van der Waals surface area (Å²) in [5.74, 6) is 0.629. The Morgan fingerprint density at radius 1 is 1.00 bits per heavy atom. The molecule has 0 bridgehead atoms. The van der Waals surface area contributed by atoms with Gasteiger partial charge in [0.1, 0.15) is 17.3 Å². The molecule has 0 spiro atoms. The second kappa shape index (κ2) is 7.98. The highest BCUT2D eigenvalue weighted by atomic mass is 32.2. The van der Waals surface area contributed by atoms with Gasteiger partial charge in [-0.3, -0.25) is 9.71 Å². The Morgan fingerprint density at radius 2 is 1.64 bits per heavy atom. The van der Waals surface area contributed by atoms with Gasteiger partial charge in [0.2, 0.25) is 10.0 Å². The molecule has 0 unspecified atom stereocenters. The Bertz CT molecular complexity index is 1080. The number of benzene rings is 2. The Kier molecular flexibility index (Phi) is 5.65. The van der Waals surface area contributed by atoms with E-state index in [1.54, 1.807) is 25.1 Å². The van der Waals surface area contributed by atoms with Crippen LogP contribution in [0.5, 0.6) is 11.5 Å². The highest BCUT2D eigenvalue weighted by Crippen LogP contribution is 2.36. The van der Waals surface area contributed by atoms with Gasteiger partial charge in [-0.25, -0.2) is 12.8 Å². The molecule has 0 radical (unpaired) electrons. The van der Waals surface area contributed by atoms with Crippen molar-refractivity contribution in [1.29, 1.82) is 0 Å². The van der Waals surface area contributed by atoms with E-state index in [1.165, 1.54) is 24.3 Å². The molecule has 7 heteroatoms. The van der Waals surface area contributed by atoms with E-state index in [9.17, 15) is 12.8 Å². The molecule has 0 fully saturated rings. The van der Waals surface area contributed by atoms with Crippen LogP contribution in [-0.4, -0.2) is 19.2 Å². The molecule has 3 rings (SSSR count). The van der Waals surface area contributed by atoms with Crippen molar-refractivity contribution in [2.45, 2.75) is 20.8 Å². The number of aromatic nitrogens is 1. The van der Waals surface area contributed by atoms with E-state index in [0.29, 0.717) is 22.7 Å². The fourth-order valence-electron chi connectivity index (χ4n) is 2.78. The van der Waals surface area contributed by atoms with Crippen molar-refractivity contribution in [3.8, 4) is 22.6 Å². The summed E-state index contributed by atoms with van der Waals surface area (Å²) >= 11 is 0. The van der Waals surface area contributed by atoms with E-state index >= 15 is 0 Å². The standard InChI is InChI=1S/C21H21FN2O3S/c1-4-28(25,26)24-18-7-10-21(27-19-8-5-17(22)6-9-19)20(13-18)16-11-14(2)23-15(3)12-16/h5-13,24H,4H2,1-3H3. The van der Waals surface area contributed by atoms with Crippen molar-refractivity contribution < 1.29 is 17.5 Å². The van der Waals surface area contributed by atoms with E-state index in [0.717, 1.165) is 17.0 Å². The molecule has 2 aromatic carbocycles. The largest absolute Gasteiger partial charge is 0.457 e. The van der Waals surface area contributed by atoms with Crippen LogP contribution < -0.4 is 9.46 Å². The molecule has 0 aliphatic heterocycles. The van der Waals surface area contributed by atoms with Crippen LogP contribution in [0.25, 0.3) is 11.1 Å². The number of sulfonamides is 1. The highest BCUT2D eigenvalue weighted by molar-refractivity contribution is 7.92. The molecule has 0 aliphatic carbocycles. The smallest absolute Gasteiger partial charge is 0.232 e. The Labute approximate surface area is 164 Å². The van der Waals surface area contributed by atoms with Gasteiger partial charge >= 0.3 is 0 Å². The van der Waals surface area contributed by atoms with Crippen molar-refractivity contribution in [1.82, 2.24) is 4.98 Å². The second-order valence-corrected chi connectivity index (χ2v) is 8.42. The summed E-state index contributed by atoms with van der Waals surface area (Å²) in [6.07, 6.45) is 0.